The fraction of sp³-hybridized carbons (Fsp3) is 0.125. The molecule has 1 fully saturated rings. The zero-order valence-corrected chi connectivity index (χ0v) is 22.4. The number of anilines is 1. The number of aromatic nitrogens is 1. The van der Waals surface area contributed by atoms with Crippen LogP contribution in [0.1, 0.15) is 22.5 Å². The summed E-state index contributed by atoms with van der Waals surface area (Å²) in [5.41, 5.74) is 5.09. The molecule has 168 valence electrons. The Bertz CT molecular complexity index is 1380. The molecule has 1 aliphatic heterocycles. The maximum absolute atomic E-state index is 13.4. The second kappa shape index (κ2) is 9.21. The van der Waals surface area contributed by atoms with Gasteiger partial charge in [-0.25, -0.2) is 0 Å². The summed E-state index contributed by atoms with van der Waals surface area (Å²) in [7, 11) is 0. The second-order valence-corrected chi connectivity index (χ2v) is 9.96. The molecule has 4 rings (SSSR count). The first-order chi connectivity index (χ1) is 15.6. The average Bonchev–Trinajstić information content (AvgIpc) is 3.03. The van der Waals surface area contributed by atoms with Crippen LogP contribution >= 0.6 is 58.0 Å². The summed E-state index contributed by atoms with van der Waals surface area (Å²) in [5, 5.41) is 2.99. The van der Waals surface area contributed by atoms with E-state index in [1.54, 1.807) is 24.3 Å². The smallest absolute Gasteiger partial charge is 0.270 e. The molecule has 2 aromatic carbocycles. The van der Waals surface area contributed by atoms with Gasteiger partial charge >= 0.3 is 0 Å². The van der Waals surface area contributed by atoms with Gasteiger partial charge in [0.05, 0.1) is 15.7 Å². The van der Waals surface area contributed by atoms with Crippen molar-refractivity contribution in [1.29, 1.82) is 0 Å². The van der Waals surface area contributed by atoms with E-state index in [-0.39, 0.29) is 20.7 Å². The molecule has 0 atom stereocenters. The predicted molar refractivity (Wildman–Crippen MR) is 145 cm³/mol. The molecule has 0 spiro atoms. The molecular weight excluding hydrogens is 592 g/mol. The standard InChI is InChI=1S/C24H18Cl2IN3O2S/c1-12-9-16(7-8-19(12)27)29-13(2)10-15(14(29)3)11-17-22(31)28-24(33)30(23(17)32)20-6-4-5-18(25)21(20)26/h4-11H,1-3H3,(H,28,31,33)/b17-11+. The van der Waals surface area contributed by atoms with E-state index in [1.165, 1.54) is 14.0 Å². The van der Waals surface area contributed by atoms with Gasteiger partial charge in [0.2, 0.25) is 0 Å². The van der Waals surface area contributed by atoms with E-state index >= 15 is 0 Å². The number of hydrogen-bond acceptors (Lipinski definition) is 3. The van der Waals surface area contributed by atoms with Crippen LogP contribution in [0, 0.1) is 24.3 Å². The van der Waals surface area contributed by atoms with Crippen LogP contribution in [0.25, 0.3) is 11.8 Å². The van der Waals surface area contributed by atoms with Crippen molar-refractivity contribution in [3.8, 4) is 5.69 Å². The minimum absolute atomic E-state index is 0.0429. The lowest BCUT2D eigenvalue weighted by Gasteiger charge is -2.29. The number of hydrogen-bond donors (Lipinski definition) is 1. The molecule has 0 aliphatic carbocycles. The van der Waals surface area contributed by atoms with Gasteiger partial charge in [0.1, 0.15) is 5.57 Å². The zero-order valence-electron chi connectivity index (χ0n) is 17.9. The molecule has 2 heterocycles. The molecule has 2 amide bonds. The van der Waals surface area contributed by atoms with E-state index in [1.807, 2.05) is 26.0 Å². The summed E-state index contributed by atoms with van der Waals surface area (Å²) in [6, 6.07) is 13.1. The summed E-state index contributed by atoms with van der Waals surface area (Å²) in [6.45, 7) is 6.00. The van der Waals surface area contributed by atoms with Crippen LogP contribution < -0.4 is 10.2 Å². The summed E-state index contributed by atoms with van der Waals surface area (Å²) < 4.78 is 3.28. The fourth-order valence-electron chi connectivity index (χ4n) is 3.80. The van der Waals surface area contributed by atoms with Gasteiger partial charge in [-0.1, -0.05) is 29.3 Å². The summed E-state index contributed by atoms with van der Waals surface area (Å²) in [5.74, 6) is -1.13. The van der Waals surface area contributed by atoms with E-state index in [0.29, 0.717) is 5.69 Å². The molecule has 0 unspecified atom stereocenters. The maximum atomic E-state index is 13.4. The van der Waals surface area contributed by atoms with Crippen molar-refractivity contribution in [3.05, 3.63) is 84.2 Å². The molecule has 1 aromatic heterocycles. The van der Waals surface area contributed by atoms with Crippen molar-refractivity contribution in [2.75, 3.05) is 4.90 Å². The SMILES string of the molecule is Cc1cc(-n2c(C)cc(/C=C3\C(=O)NC(=S)N(c4cccc(Cl)c4Cl)C3=O)c2C)ccc1I. The number of aryl methyl sites for hydroxylation is 2. The van der Waals surface area contributed by atoms with E-state index < -0.39 is 11.8 Å². The van der Waals surface area contributed by atoms with Crippen LogP contribution in [0.3, 0.4) is 0 Å². The van der Waals surface area contributed by atoms with Crippen molar-refractivity contribution in [2.24, 2.45) is 0 Å². The molecular formula is C24H18Cl2IN3O2S. The van der Waals surface area contributed by atoms with Crippen molar-refractivity contribution in [1.82, 2.24) is 9.88 Å². The van der Waals surface area contributed by atoms with E-state index in [9.17, 15) is 9.59 Å². The Balaban J connectivity index is 1.79. The van der Waals surface area contributed by atoms with Crippen molar-refractivity contribution < 1.29 is 9.59 Å². The number of nitrogens with one attached hydrogen (secondary N) is 1. The molecule has 1 saturated heterocycles. The van der Waals surface area contributed by atoms with Gasteiger partial charge in [-0.15, -0.1) is 0 Å². The predicted octanol–water partition coefficient (Wildman–Crippen LogP) is 6.15. The van der Waals surface area contributed by atoms with E-state index in [4.69, 9.17) is 35.4 Å². The number of rotatable bonds is 3. The largest absolute Gasteiger partial charge is 0.318 e. The van der Waals surface area contributed by atoms with Crippen LogP contribution in [0.15, 0.2) is 48.0 Å². The van der Waals surface area contributed by atoms with Gasteiger partial charge in [-0.3, -0.25) is 19.8 Å². The third-order valence-corrected chi connectivity index (χ3v) is 7.75. The average molecular weight is 610 g/mol. The third-order valence-electron chi connectivity index (χ3n) is 5.44. The molecule has 9 heteroatoms. The lowest BCUT2D eigenvalue weighted by molar-refractivity contribution is -0.122. The van der Waals surface area contributed by atoms with Crippen LogP contribution in [0.4, 0.5) is 5.69 Å². The number of thiocarbonyl (C=S) groups is 1. The highest BCUT2D eigenvalue weighted by atomic mass is 127. The Morgan fingerprint density at radius 2 is 1.79 bits per heavy atom. The van der Waals surface area contributed by atoms with Gasteiger partial charge in [-0.2, -0.15) is 0 Å². The Hall–Kier alpha value is -2.20. The Morgan fingerprint density at radius 1 is 1.06 bits per heavy atom. The van der Waals surface area contributed by atoms with Crippen LogP contribution in [0.5, 0.6) is 0 Å². The molecule has 1 aliphatic rings. The first-order valence-corrected chi connectivity index (χ1v) is 12.2. The number of carbonyl (C=O) groups excluding carboxylic acids is 2. The zero-order chi connectivity index (χ0) is 24.0. The molecule has 1 N–H and O–H groups in total. The monoisotopic (exact) mass is 609 g/mol. The lowest BCUT2D eigenvalue weighted by atomic mass is 10.1. The van der Waals surface area contributed by atoms with Crippen LogP contribution in [0.2, 0.25) is 10.0 Å². The van der Waals surface area contributed by atoms with Crippen molar-refractivity contribution in [2.45, 2.75) is 20.8 Å². The highest BCUT2D eigenvalue weighted by Gasteiger charge is 2.36. The highest BCUT2D eigenvalue weighted by molar-refractivity contribution is 14.1. The van der Waals surface area contributed by atoms with Gasteiger partial charge in [0, 0.05) is 20.6 Å². The first-order valence-electron chi connectivity index (χ1n) is 9.91. The van der Waals surface area contributed by atoms with Crippen LogP contribution in [-0.2, 0) is 9.59 Å². The first kappa shape index (κ1) is 23.9. The molecule has 3 aromatic rings. The lowest BCUT2D eigenvalue weighted by Crippen LogP contribution is -2.54. The number of carbonyl (C=O) groups is 2. The molecule has 0 saturated carbocycles. The summed E-state index contributed by atoms with van der Waals surface area (Å²) >= 11 is 20.0. The van der Waals surface area contributed by atoms with Gasteiger partial charge in [-0.05, 0) is 109 Å². The van der Waals surface area contributed by atoms with Crippen molar-refractivity contribution >= 4 is 86.7 Å². The minimum atomic E-state index is -0.567. The van der Waals surface area contributed by atoms with E-state index in [2.05, 4.69) is 51.5 Å². The third kappa shape index (κ3) is 4.35. The Labute approximate surface area is 220 Å². The topological polar surface area (TPSA) is 54.3 Å². The van der Waals surface area contributed by atoms with Crippen LogP contribution in [-0.4, -0.2) is 21.5 Å². The fourth-order valence-corrected chi connectivity index (χ4v) is 4.79. The summed E-state index contributed by atoms with van der Waals surface area (Å²) in [4.78, 5) is 27.3. The maximum Gasteiger partial charge on any atom is 0.270 e. The van der Waals surface area contributed by atoms with Gasteiger partial charge < -0.3 is 4.57 Å². The number of nitrogens with zero attached hydrogens (tertiary/aromatic N) is 2. The Kier molecular flexibility index (Phi) is 6.68. The van der Waals surface area contributed by atoms with Gasteiger partial charge in [0.15, 0.2) is 5.11 Å². The summed E-state index contributed by atoms with van der Waals surface area (Å²) in [6.07, 6.45) is 1.59. The molecule has 33 heavy (non-hydrogen) atoms. The highest BCUT2D eigenvalue weighted by Crippen LogP contribution is 2.34. The quantitative estimate of drug-likeness (QED) is 0.168. The molecule has 0 radical (unpaired) electrons. The van der Waals surface area contributed by atoms with Gasteiger partial charge in [0.25, 0.3) is 11.8 Å². The minimum Gasteiger partial charge on any atom is -0.318 e. The number of amides is 2. The Morgan fingerprint density at radius 3 is 2.48 bits per heavy atom. The molecule has 0 bridgehead atoms. The second-order valence-electron chi connectivity index (χ2n) is 7.63. The molecule has 5 nitrogen and oxygen atoms in total. The number of benzene rings is 2. The normalized spacial score (nSPS) is 15.4. The van der Waals surface area contributed by atoms with E-state index in [0.717, 1.165) is 22.6 Å². The van der Waals surface area contributed by atoms with Crippen molar-refractivity contribution in [3.63, 3.8) is 0 Å². The number of halogens is 3.